The fourth-order valence-electron chi connectivity index (χ4n) is 2.13. The normalized spacial score (nSPS) is 20.0. The zero-order chi connectivity index (χ0) is 14.8. The lowest BCUT2D eigenvalue weighted by Crippen LogP contribution is -2.32. The SMILES string of the molecule is CC(=O)NCc1ccc(S(=O)(=O)N2CC[C@@H](N)C2)cc1. The van der Waals surface area contributed by atoms with E-state index in [0.717, 1.165) is 5.56 Å². The number of nitrogens with zero attached hydrogens (tertiary/aromatic N) is 1. The molecule has 0 saturated carbocycles. The molecule has 0 radical (unpaired) electrons. The first-order valence-electron chi connectivity index (χ1n) is 6.48. The maximum atomic E-state index is 12.4. The van der Waals surface area contributed by atoms with Gasteiger partial charge in [0.1, 0.15) is 0 Å². The molecule has 0 bridgehead atoms. The van der Waals surface area contributed by atoms with Crippen LogP contribution in [0.15, 0.2) is 29.2 Å². The van der Waals surface area contributed by atoms with Crippen LogP contribution in [0.4, 0.5) is 0 Å². The number of benzene rings is 1. The lowest BCUT2D eigenvalue weighted by molar-refractivity contribution is -0.119. The molecule has 0 spiro atoms. The summed E-state index contributed by atoms with van der Waals surface area (Å²) in [4.78, 5) is 11.1. The van der Waals surface area contributed by atoms with Crippen LogP contribution in [0.5, 0.6) is 0 Å². The van der Waals surface area contributed by atoms with Crippen molar-refractivity contribution in [3.05, 3.63) is 29.8 Å². The molecule has 6 nitrogen and oxygen atoms in total. The number of nitrogens with two attached hydrogens (primary N) is 1. The Morgan fingerprint density at radius 1 is 1.40 bits per heavy atom. The highest BCUT2D eigenvalue weighted by molar-refractivity contribution is 7.89. The number of amides is 1. The fourth-order valence-corrected chi connectivity index (χ4v) is 3.64. The van der Waals surface area contributed by atoms with E-state index in [9.17, 15) is 13.2 Å². The summed E-state index contributed by atoms with van der Waals surface area (Å²) < 4.78 is 26.1. The Morgan fingerprint density at radius 3 is 2.55 bits per heavy atom. The van der Waals surface area contributed by atoms with E-state index in [1.165, 1.54) is 11.2 Å². The Kier molecular flexibility index (Phi) is 4.42. The maximum absolute atomic E-state index is 12.4. The van der Waals surface area contributed by atoms with Gasteiger partial charge in [-0.25, -0.2) is 8.42 Å². The predicted molar refractivity (Wildman–Crippen MR) is 75.3 cm³/mol. The summed E-state index contributed by atoms with van der Waals surface area (Å²) >= 11 is 0. The van der Waals surface area contributed by atoms with Crippen LogP contribution in [0, 0.1) is 0 Å². The summed E-state index contributed by atoms with van der Waals surface area (Å²) in [5.41, 5.74) is 6.60. The van der Waals surface area contributed by atoms with Gasteiger partial charge in [0, 0.05) is 32.6 Å². The molecule has 1 atom stereocenters. The summed E-state index contributed by atoms with van der Waals surface area (Å²) in [5, 5.41) is 2.67. The molecule has 1 fully saturated rings. The Labute approximate surface area is 119 Å². The summed E-state index contributed by atoms with van der Waals surface area (Å²) in [5.74, 6) is -0.118. The molecule has 2 rings (SSSR count). The lowest BCUT2D eigenvalue weighted by Gasteiger charge is -2.16. The average molecular weight is 297 g/mol. The summed E-state index contributed by atoms with van der Waals surface area (Å²) in [6.45, 7) is 2.67. The molecule has 1 aliphatic heterocycles. The second-order valence-electron chi connectivity index (χ2n) is 4.97. The number of nitrogens with one attached hydrogen (secondary N) is 1. The Balaban J connectivity index is 2.11. The molecule has 3 N–H and O–H groups in total. The highest BCUT2D eigenvalue weighted by atomic mass is 32.2. The van der Waals surface area contributed by atoms with Crippen molar-refractivity contribution >= 4 is 15.9 Å². The van der Waals surface area contributed by atoms with Crippen molar-refractivity contribution in [2.45, 2.75) is 30.8 Å². The molecule has 1 amide bonds. The van der Waals surface area contributed by atoms with E-state index in [-0.39, 0.29) is 16.8 Å². The van der Waals surface area contributed by atoms with E-state index in [2.05, 4.69) is 5.32 Å². The first-order valence-corrected chi connectivity index (χ1v) is 7.92. The van der Waals surface area contributed by atoms with Crippen molar-refractivity contribution in [2.24, 2.45) is 5.73 Å². The maximum Gasteiger partial charge on any atom is 0.243 e. The largest absolute Gasteiger partial charge is 0.352 e. The standard InChI is InChI=1S/C13H19N3O3S/c1-10(17)15-8-11-2-4-13(5-3-11)20(18,19)16-7-6-12(14)9-16/h2-5,12H,6-9,14H2,1H3,(H,15,17)/t12-/m1/s1. The molecule has 1 heterocycles. The van der Waals surface area contributed by atoms with Gasteiger partial charge in [-0.05, 0) is 24.1 Å². The van der Waals surface area contributed by atoms with Gasteiger partial charge in [0.25, 0.3) is 0 Å². The molecule has 1 saturated heterocycles. The van der Waals surface area contributed by atoms with Crippen LogP contribution in [-0.2, 0) is 21.4 Å². The second-order valence-corrected chi connectivity index (χ2v) is 6.90. The highest BCUT2D eigenvalue weighted by Crippen LogP contribution is 2.20. The third-order valence-electron chi connectivity index (χ3n) is 3.29. The molecular formula is C13H19N3O3S. The minimum Gasteiger partial charge on any atom is -0.352 e. The molecular weight excluding hydrogens is 278 g/mol. The minimum absolute atomic E-state index is 0.0798. The van der Waals surface area contributed by atoms with Crippen molar-refractivity contribution in [1.29, 1.82) is 0 Å². The molecule has 0 unspecified atom stereocenters. The number of hydrogen-bond donors (Lipinski definition) is 2. The number of sulfonamides is 1. The minimum atomic E-state index is -3.45. The van der Waals surface area contributed by atoms with Gasteiger partial charge in [0.2, 0.25) is 15.9 Å². The smallest absolute Gasteiger partial charge is 0.243 e. The van der Waals surface area contributed by atoms with Gasteiger partial charge < -0.3 is 11.1 Å². The molecule has 7 heteroatoms. The zero-order valence-electron chi connectivity index (χ0n) is 11.4. The van der Waals surface area contributed by atoms with E-state index >= 15 is 0 Å². The van der Waals surface area contributed by atoms with Gasteiger partial charge in [-0.3, -0.25) is 4.79 Å². The van der Waals surface area contributed by atoms with Crippen LogP contribution in [0.3, 0.4) is 0 Å². The third kappa shape index (κ3) is 3.36. The second kappa shape index (κ2) is 5.90. The predicted octanol–water partition coefficient (Wildman–Crippen LogP) is 0.0444. The van der Waals surface area contributed by atoms with Crippen LogP contribution in [0.2, 0.25) is 0 Å². The van der Waals surface area contributed by atoms with Gasteiger partial charge in [-0.15, -0.1) is 0 Å². The quantitative estimate of drug-likeness (QED) is 0.821. The fraction of sp³-hybridized carbons (Fsp3) is 0.462. The van der Waals surface area contributed by atoms with E-state index in [0.29, 0.717) is 26.1 Å². The number of rotatable bonds is 4. The monoisotopic (exact) mass is 297 g/mol. The number of carbonyl (C=O) groups excluding carboxylic acids is 1. The lowest BCUT2D eigenvalue weighted by atomic mass is 10.2. The van der Waals surface area contributed by atoms with Crippen LogP contribution in [-0.4, -0.2) is 37.8 Å². The van der Waals surface area contributed by atoms with E-state index in [1.54, 1.807) is 24.3 Å². The molecule has 1 aliphatic rings. The Morgan fingerprint density at radius 2 is 2.05 bits per heavy atom. The van der Waals surface area contributed by atoms with Crippen LogP contribution >= 0.6 is 0 Å². The van der Waals surface area contributed by atoms with Crippen LogP contribution in [0.25, 0.3) is 0 Å². The van der Waals surface area contributed by atoms with Crippen molar-refractivity contribution in [3.8, 4) is 0 Å². The summed E-state index contributed by atoms with van der Waals surface area (Å²) in [7, 11) is -3.45. The van der Waals surface area contributed by atoms with Crippen molar-refractivity contribution in [1.82, 2.24) is 9.62 Å². The van der Waals surface area contributed by atoms with Gasteiger partial charge in [0.15, 0.2) is 0 Å². The number of hydrogen-bond acceptors (Lipinski definition) is 4. The van der Waals surface area contributed by atoms with Gasteiger partial charge in [-0.1, -0.05) is 12.1 Å². The van der Waals surface area contributed by atoms with Crippen LogP contribution < -0.4 is 11.1 Å². The van der Waals surface area contributed by atoms with Crippen molar-refractivity contribution < 1.29 is 13.2 Å². The van der Waals surface area contributed by atoms with Crippen molar-refractivity contribution in [2.75, 3.05) is 13.1 Å². The van der Waals surface area contributed by atoms with E-state index in [4.69, 9.17) is 5.73 Å². The third-order valence-corrected chi connectivity index (χ3v) is 5.17. The van der Waals surface area contributed by atoms with Crippen LogP contribution in [0.1, 0.15) is 18.9 Å². The molecule has 20 heavy (non-hydrogen) atoms. The molecule has 0 aromatic heterocycles. The zero-order valence-corrected chi connectivity index (χ0v) is 12.2. The first kappa shape index (κ1) is 15.0. The number of carbonyl (C=O) groups is 1. The first-order chi connectivity index (χ1) is 9.39. The van der Waals surface area contributed by atoms with Gasteiger partial charge in [-0.2, -0.15) is 4.31 Å². The van der Waals surface area contributed by atoms with Crippen molar-refractivity contribution in [3.63, 3.8) is 0 Å². The molecule has 1 aromatic carbocycles. The topological polar surface area (TPSA) is 92.5 Å². The van der Waals surface area contributed by atoms with Gasteiger partial charge >= 0.3 is 0 Å². The Bertz CT molecular complexity index is 583. The van der Waals surface area contributed by atoms with Gasteiger partial charge in [0.05, 0.1) is 4.90 Å². The highest BCUT2D eigenvalue weighted by Gasteiger charge is 2.30. The molecule has 0 aliphatic carbocycles. The van der Waals surface area contributed by atoms with E-state index < -0.39 is 10.0 Å². The van der Waals surface area contributed by atoms with E-state index in [1.807, 2.05) is 0 Å². The summed E-state index contributed by atoms with van der Waals surface area (Å²) in [6, 6.07) is 6.47. The average Bonchev–Trinajstić information content (AvgIpc) is 2.84. The molecule has 1 aromatic rings. The summed E-state index contributed by atoms with van der Waals surface area (Å²) in [6.07, 6.45) is 0.694. The molecule has 110 valence electrons. The Hall–Kier alpha value is -1.44.